The molecule has 4 aromatic rings. The molecule has 0 saturated carbocycles. The average Bonchev–Trinajstić information content (AvgIpc) is 3.53. The zero-order chi connectivity index (χ0) is 24.5. The number of carbonyl (C=O) groups excluding carboxylic acids is 2. The van der Waals surface area contributed by atoms with Crippen LogP contribution in [0.2, 0.25) is 5.02 Å². The summed E-state index contributed by atoms with van der Waals surface area (Å²) in [5.41, 5.74) is 9.45. The second kappa shape index (κ2) is 9.38. The van der Waals surface area contributed by atoms with Gasteiger partial charge in [-0.15, -0.1) is 0 Å². The standard InChI is InChI=1S/C24H23ClN6O4/c1-34-22-9-16(17(25)11-27-22)19-10-20(30-29-19)24(33)31-5-4-14(23(26)32)8-15(31)6-13-2-3-18-21(7-13)35-12-28-18/h2-3,7,9-12,14-15H,4-6,8H2,1H3,(H2,26,32)(H,29,30). The molecule has 2 atom stereocenters. The molecule has 2 amide bonds. The molecule has 180 valence electrons. The van der Waals surface area contributed by atoms with Crippen molar-refractivity contribution < 1.29 is 18.7 Å². The Labute approximate surface area is 205 Å². The number of hydrogen-bond acceptors (Lipinski definition) is 7. The van der Waals surface area contributed by atoms with Gasteiger partial charge >= 0.3 is 0 Å². The van der Waals surface area contributed by atoms with Crippen molar-refractivity contribution in [3.63, 3.8) is 0 Å². The molecule has 1 saturated heterocycles. The third kappa shape index (κ3) is 4.57. The van der Waals surface area contributed by atoms with Crippen LogP contribution in [-0.4, -0.2) is 56.6 Å². The second-order valence-corrected chi connectivity index (χ2v) is 8.92. The van der Waals surface area contributed by atoms with Crippen molar-refractivity contribution in [2.24, 2.45) is 11.7 Å². The molecule has 1 aliphatic heterocycles. The van der Waals surface area contributed by atoms with Gasteiger partial charge in [-0.1, -0.05) is 17.7 Å². The van der Waals surface area contributed by atoms with Gasteiger partial charge in [0.15, 0.2) is 17.7 Å². The van der Waals surface area contributed by atoms with E-state index in [0.717, 1.165) is 11.1 Å². The average molecular weight is 495 g/mol. The number of methoxy groups -OCH3 is 1. The highest BCUT2D eigenvalue weighted by Gasteiger charge is 2.35. The van der Waals surface area contributed by atoms with Crippen LogP contribution < -0.4 is 10.5 Å². The monoisotopic (exact) mass is 494 g/mol. The predicted molar refractivity (Wildman–Crippen MR) is 128 cm³/mol. The van der Waals surface area contributed by atoms with Gasteiger partial charge in [-0.25, -0.2) is 9.97 Å². The molecule has 3 aromatic heterocycles. The molecule has 10 nitrogen and oxygen atoms in total. The van der Waals surface area contributed by atoms with Crippen LogP contribution in [-0.2, 0) is 11.2 Å². The quantitative estimate of drug-likeness (QED) is 0.419. The molecule has 3 N–H and O–H groups in total. The largest absolute Gasteiger partial charge is 0.481 e. The zero-order valence-electron chi connectivity index (χ0n) is 18.9. The summed E-state index contributed by atoms with van der Waals surface area (Å²) in [7, 11) is 1.51. The van der Waals surface area contributed by atoms with Crippen LogP contribution in [0.4, 0.5) is 0 Å². The number of halogens is 1. The first-order chi connectivity index (χ1) is 16.9. The molecule has 0 aliphatic carbocycles. The van der Waals surface area contributed by atoms with E-state index in [4.69, 9.17) is 26.5 Å². The van der Waals surface area contributed by atoms with E-state index in [9.17, 15) is 9.59 Å². The summed E-state index contributed by atoms with van der Waals surface area (Å²) in [6.45, 7) is 0.397. The third-order valence-corrected chi connectivity index (χ3v) is 6.67. The Bertz CT molecular complexity index is 1400. The maximum Gasteiger partial charge on any atom is 0.274 e. The second-order valence-electron chi connectivity index (χ2n) is 8.51. The van der Waals surface area contributed by atoms with Crippen molar-refractivity contribution in [3.05, 3.63) is 59.2 Å². The maximum atomic E-state index is 13.5. The van der Waals surface area contributed by atoms with Gasteiger partial charge in [0.25, 0.3) is 5.91 Å². The Morgan fingerprint density at radius 3 is 2.94 bits per heavy atom. The lowest BCUT2D eigenvalue weighted by Gasteiger charge is -2.38. The predicted octanol–water partition coefficient (Wildman–Crippen LogP) is 3.22. The number of aromatic nitrogens is 4. The first kappa shape index (κ1) is 22.9. The van der Waals surface area contributed by atoms with E-state index in [1.165, 1.54) is 19.7 Å². The number of likely N-dealkylation sites (tertiary alicyclic amines) is 1. The van der Waals surface area contributed by atoms with Crippen LogP contribution >= 0.6 is 11.6 Å². The smallest absolute Gasteiger partial charge is 0.274 e. The molecule has 11 heteroatoms. The van der Waals surface area contributed by atoms with Crippen molar-refractivity contribution >= 4 is 34.5 Å². The number of rotatable bonds is 6. The van der Waals surface area contributed by atoms with Gasteiger partial charge in [-0.05, 0) is 43.0 Å². The van der Waals surface area contributed by atoms with Gasteiger partial charge in [0.2, 0.25) is 11.8 Å². The van der Waals surface area contributed by atoms with E-state index in [1.54, 1.807) is 17.0 Å². The fourth-order valence-electron chi connectivity index (χ4n) is 4.52. The number of pyridine rings is 1. The molecule has 1 fully saturated rings. The number of aromatic amines is 1. The molecule has 35 heavy (non-hydrogen) atoms. The Morgan fingerprint density at radius 2 is 2.14 bits per heavy atom. The molecular weight excluding hydrogens is 472 g/mol. The number of carbonyl (C=O) groups is 2. The number of H-pyrrole nitrogens is 1. The molecule has 2 unspecified atom stereocenters. The minimum absolute atomic E-state index is 0.237. The molecule has 0 radical (unpaired) electrons. The maximum absolute atomic E-state index is 13.5. The number of amides is 2. The number of benzene rings is 1. The topological polar surface area (TPSA) is 140 Å². The number of fused-ring (bicyclic) bond motifs is 1. The summed E-state index contributed by atoms with van der Waals surface area (Å²) in [6, 6.07) is 8.82. The third-order valence-electron chi connectivity index (χ3n) is 6.37. The van der Waals surface area contributed by atoms with Crippen molar-refractivity contribution in [1.29, 1.82) is 0 Å². The summed E-state index contributed by atoms with van der Waals surface area (Å²) in [5.74, 6) is -0.491. The lowest BCUT2D eigenvalue weighted by molar-refractivity contribution is -0.123. The molecule has 1 aromatic carbocycles. The molecule has 4 heterocycles. The number of nitrogens with two attached hydrogens (primary N) is 1. The van der Waals surface area contributed by atoms with Gasteiger partial charge < -0.3 is 19.8 Å². The van der Waals surface area contributed by atoms with Crippen molar-refractivity contribution in [1.82, 2.24) is 25.1 Å². The SMILES string of the molecule is COc1cc(-c2cc(C(=O)N3CCC(C(N)=O)CC3Cc3ccc4ncoc4c3)n[nH]2)c(Cl)cn1. The highest BCUT2D eigenvalue weighted by molar-refractivity contribution is 6.33. The number of ether oxygens (including phenoxy) is 1. The van der Waals surface area contributed by atoms with Crippen LogP contribution in [0.1, 0.15) is 28.9 Å². The van der Waals surface area contributed by atoms with Gasteiger partial charge in [0, 0.05) is 30.1 Å². The Hall–Kier alpha value is -3.92. The molecule has 0 spiro atoms. The highest BCUT2D eigenvalue weighted by Crippen LogP contribution is 2.31. The van der Waals surface area contributed by atoms with Crippen molar-refractivity contribution in [2.45, 2.75) is 25.3 Å². The van der Waals surface area contributed by atoms with Gasteiger partial charge in [-0.3, -0.25) is 14.7 Å². The summed E-state index contributed by atoms with van der Waals surface area (Å²) < 4.78 is 10.6. The highest BCUT2D eigenvalue weighted by atomic mass is 35.5. The van der Waals surface area contributed by atoms with Gasteiger partial charge in [-0.2, -0.15) is 5.10 Å². The molecule has 1 aliphatic rings. The van der Waals surface area contributed by atoms with Crippen LogP contribution in [0, 0.1) is 5.92 Å². The summed E-state index contributed by atoms with van der Waals surface area (Å²) in [6.07, 6.45) is 4.39. The minimum atomic E-state index is -0.351. The number of primary amides is 1. The first-order valence-electron chi connectivity index (χ1n) is 11.1. The van der Waals surface area contributed by atoms with Crippen LogP contribution in [0.25, 0.3) is 22.4 Å². The first-order valence-corrected chi connectivity index (χ1v) is 11.5. The lowest BCUT2D eigenvalue weighted by atomic mass is 9.87. The number of oxazole rings is 1. The number of nitrogens with one attached hydrogen (secondary N) is 1. The van der Waals surface area contributed by atoms with Gasteiger partial charge in [0.1, 0.15) is 5.52 Å². The van der Waals surface area contributed by atoms with Gasteiger partial charge in [0.05, 0.1) is 24.0 Å². The Morgan fingerprint density at radius 1 is 1.29 bits per heavy atom. The zero-order valence-corrected chi connectivity index (χ0v) is 19.7. The minimum Gasteiger partial charge on any atom is -0.481 e. The fraction of sp³-hybridized carbons (Fsp3) is 0.292. The van der Waals surface area contributed by atoms with Crippen LogP contribution in [0.15, 0.2) is 47.3 Å². The number of piperidine rings is 1. The molecule has 5 rings (SSSR count). The fourth-order valence-corrected chi connectivity index (χ4v) is 4.73. The molecule has 0 bridgehead atoms. The van der Waals surface area contributed by atoms with E-state index < -0.39 is 0 Å². The van der Waals surface area contributed by atoms with E-state index in [2.05, 4.69) is 20.2 Å². The van der Waals surface area contributed by atoms with Crippen molar-refractivity contribution in [3.8, 4) is 17.1 Å². The normalized spacial score (nSPS) is 18.1. The van der Waals surface area contributed by atoms with Crippen molar-refractivity contribution in [2.75, 3.05) is 13.7 Å². The molecular formula is C24H23ClN6O4. The van der Waals surface area contributed by atoms with Crippen LogP contribution in [0.5, 0.6) is 5.88 Å². The number of nitrogens with zero attached hydrogens (tertiary/aromatic N) is 4. The lowest BCUT2D eigenvalue weighted by Crippen LogP contribution is -2.49. The Kier molecular flexibility index (Phi) is 6.12. The van der Waals surface area contributed by atoms with E-state index >= 15 is 0 Å². The number of hydrogen-bond donors (Lipinski definition) is 2. The summed E-state index contributed by atoms with van der Waals surface area (Å²) >= 11 is 6.30. The van der Waals surface area contributed by atoms with E-state index in [-0.39, 0.29) is 29.5 Å². The van der Waals surface area contributed by atoms with E-state index in [0.29, 0.717) is 53.6 Å². The van der Waals surface area contributed by atoms with Crippen LogP contribution in [0.3, 0.4) is 0 Å². The van der Waals surface area contributed by atoms with E-state index in [1.807, 2.05) is 18.2 Å². The summed E-state index contributed by atoms with van der Waals surface area (Å²) in [5, 5.41) is 7.53. The Balaban J connectivity index is 1.41. The summed E-state index contributed by atoms with van der Waals surface area (Å²) in [4.78, 5) is 35.4.